The highest BCUT2D eigenvalue weighted by Crippen LogP contribution is 2.38. The van der Waals surface area contributed by atoms with Gasteiger partial charge < -0.3 is 0 Å². The third kappa shape index (κ3) is 3.13. The Bertz CT molecular complexity index is 996. The number of alkyl halides is 2. The van der Waals surface area contributed by atoms with Crippen LogP contribution in [0.1, 0.15) is 19.3 Å². The number of fused-ring (bicyclic) bond motifs is 1. The number of halogens is 2. The molecule has 1 saturated heterocycles. The summed E-state index contributed by atoms with van der Waals surface area (Å²) in [7, 11) is -3.98. The predicted molar refractivity (Wildman–Crippen MR) is 101 cm³/mol. The summed E-state index contributed by atoms with van der Waals surface area (Å²) in [6.45, 7) is 0.751. The van der Waals surface area contributed by atoms with Crippen LogP contribution >= 0.6 is 0 Å². The zero-order valence-corrected chi connectivity index (χ0v) is 16.2. The fraction of sp³-hybridized carbons (Fsp3) is 0.450. The van der Waals surface area contributed by atoms with Crippen molar-refractivity contribution in [1.29, 1.82) is 0 Å². The molecule has 1 saturated carbocycles. The first-order chi connectivity index (χ1) is 13.3. The van der Waals surface area contributed by atoms with Crippen molar-refractivity contribution in [3.63, 3.8) is 0 Å². The number of carbonyl (C=O) groups excluding carboxylic acids is 1. The molecule has 4 rings (SSSR count). The van der Waals surface area contributed by atoms with Gasteiger partial charge in [0.2, 0.25) is 5.92 Å². The summed E-state index contributed by atoms with van der Waals surface area (Å²) in [6, 6.07) is 12.0. The smallest absolute Gasteiger partial charge is 0.289 e. The van der Waals surface area contributed by atoms with E-state index in [1.54, 1.807) is 18.2 Å². The van der Waals surface area contributed by atoms with Crippen molar-refractivity contribution in [3.05, 3.63) is 42.5 Å². The van der Waals surface area contributed by atoms with E-state index < -0.39 is 19.8 Å². The Morgan fingerprint density at radius 2 is 1.75 bits per heavy atom. The lowest BCUT2D eigenvalue weighted by Gasteiger charge is -2.40. The fourth-order valence-electron chi connectivity index (χ4n) is 4.44. The van der Waals surface area contributed by atoms with Gasteiger partial charge >= 0.3 is 16.4 Å². The van der Waals surface area contributed by atoms with E-state index in [0.717, 1.165) is 5.39 Å². The topological polar surface area (TPSA) is 54.5 Å². The molecule has 1 aliphatic heterocycles. The monoisotopic (exact) mass is 409 g/mol. The van der Waals surface area contributed by atoms with Crippen LogP contribution in [-0.2, 0) is 14.8 Å². The summed E-state index contributed by atoms with van der Waals surface area (Å²) in [6.07, 6.45) is 0.585. The van der Waals surface area contributed by atoms with E-state index in [0.29, 0.717) is 31.3 Å². The van der Waals surface area contributed by atoms with Crippen LogP contribution in [0, 0.1) is 0 Å². The molecule has 2 aromatic rings. The van der Waals surface area contributed by atoms with E-state index in [9.17, 15) is 22.0 Å². The van der Waals surface area contributed by atoms with Crippen molar-refractivity contribution in [1.82, 2.24) is 4.90 Å². The SMILES string of the molecule is O=C[N+]1(S(=O)(=O)c2cccc3ccccc23)CCN(C2CCC(F)(F)C2)CC1. The van der Waals surface area contributed by atoms with E-state index in [1.807, 2.05) is 23.1 Å². The molecular weight excluding hydrogens is 386 g/mol. The molecule has 1 amide bonds. The Balaban J connectivity index is 1.63. The number of hydrogen-bond acceptors (Lipinski definition) is 4. The van der Waals surface area contributed by atoms with Gasteiger partial charge in [-0.3, -0.25) is 4.90 Å². The van der Waals surface area contributed by atoms with Crippen molar-refractivity contribution < 1.29 is 25.9 Å². The first-order valence-electron chi connectivity index (χ1n) is 9.46. The summed E-state index contributed by atoms with van der Waals surface area (Å²) in [5.41, 5.74) is 0. The highest BCUT2D eigenvalue weighted by molar-refractivity contribution is 7.86. The van der Waals surface area contributed by atoms with Crippen molar-refractivity contribution in [2.45, 2.75) is 36.1 Å². The average molecular weight is 409 g/mol. The maximum atomic E-state index is 13.5. The van der Waals surface area contributed by atoms with Gasteiger partial charge in [-0.25, -0.2) is 13.6 Å². The van der Waals surface area contributed by atoms with Crippen LogP contribution in [-0.4, -0.2) is 61.8 Å². The molecule has 2 fully saturated rings. The van der Waals surface area contributed by atoms with Crippen molar-refractivity contribution in [2.75, 3.05) is 26.2 Å². The van der Waals surface area contributed by atoms with Crippen molar-refractivity contribution >= 4 is 27.2 Å². The fourth-order valence-corrected chi connectivity index (χ4v) is 6.30. The number of amides is 1. The second kappa shape index (κ2) is 6.86. The minimum absolute atomic E-state index is 0.0666. The Labute approximate surface area is 163 Å². The summed E-state index contributed by atoms with van der Waals surface area (Å²) >= 11 is 0. The summed E-state index contributed by atoms with van der Waals surface area (Å²) in [4.78, 5) is 14.1. The van der Waals surface area contributed by atoms with Crippen LogP contribution in [0.25, 0.3) is 10.8 Å². The molecule has 8 heteroatoms. The van der Waals surface area contributed by atoms with Gasteiger partial charge in [-0.15, -0.1) is 0 Å². The number of nitrogens with zero attached hydrogens (tertiary/aromatic N) is 2. The first kappa shape index (κ1) is 19.4. The predicted octanol–water partition coefficient (Wildman–Crippen LogP) is 3.01. The summed E-state index contributed by atoms with van der Waals surface area (Å²) in [5.74, 6) is -2.65. The molecule has 0 bridgehead atoms. The lowest BCUT2D eigenvalue weighted by atomic mass is 10.1. The molecule has 2 aliphatic rings. The van der Waals surface area contributed by atoms with E-state index in [4.69, 9.17) is 0 Å². The van der Waals surface area contributed by atoms with E-state index in [2.05, 4.69) is 0 Å². The standard InChI is InChI=1S/C20H23F2N2O3S/c21-20(22)9-8-17(14-20)23-10-12-24(15-25,13-11-23)28(26,27)19-7-3-5-16-4-1-2-6-18(16)19/h1-7,15,17H,8-14H2/q+1. The summed E-state index contributed by atoms with van der Waals surface area (Å²) in [5, 5.41) is 1.38. The van der Waals surface area contributed by atoms with Gasteiger partial charge in [0.1, 0.15) is 18.0 Å². The Morgan fingerprint density at radius 3 is 2.39 bits per heavy atom. The van der Waals surface area contributed by atoms with E-state index in [-0.39, 0.29) is 36.9 Å². The van der Waals surface area contributed by atoms with Crippen LogP contribution in [0.2, 0.25) is 0 Å². The highest BCUT2D eigenvalue weighted by Gasteiger charge is 2.49. The molecule has 1 unspecified atom stereocenters. The number of hydrogen-bond donors (Lipinski definition) is 0. The zero-order valence-electron chi connectivity index (χ0n) is 15.4. The van der Waals surface area contributed by atoms with Crippen molar-refractivity contribution in [2.24, 2.45) is 0 Å². The number of piperazine rings is 1. The molecule has 1 aliphatic carbocycles. The molecule has 0 radical (unpaired) electrons. The molecule has 1 heterocycles. The largest absolute Gasteiger partial charge is 0.334 e. The second-order valence-electron chi connectivity index (χ2n) is 7.75. The van der Waals surface area contributed by atoms with Gasteiger partial charge in [-0.2, -0.15) is 12.3 Å². The molecule has 28 heavy (non-hydrogen) atoms. The molecule has 0 aromatic heterocycles. The minimum atomic E-state index is -3.98. The minimum Gasteiger partial charge on any atom is -0.289 e. The Kier molecular flexibility index (Phi) is 4.76. The molecule has 5 nitrogen and oxygen atoms in total. The second-order valence-corrected chi connectivity index (χ2v) is 9.86. The van der Waals surface area contributed by atoms with Gasteiger partial charge in [0.25, 0.3) is 0 Å². The third-order valence-corrected chi connectivity index (χ3v) is 8.44. The maximum absolute atomic E-state index is 13.5. The van der Waals surface area contributed by atoms with Crippen LogP contribution in [0.4, 0.5) is 8.78 Å². The number of sulfonamides is 1. The number of quaternary nitrogens is 1. The molecule has 150 valence electrons. The lowest BCUT2D eigenvalue weighted by Crippen LogP contribution is -2.62. The summed E-state index contributed by atoms with van der Waals surface area (Å²) < 4.78 is 53.4. The van der Waals surface area contributed by atoms with Gasteiger partial charge in [0, 0.05) is 37.4 Å². The van der Waals surface area contributed by atoms with Gasteiger partial charge in [-0.1, -0.05) is 36.4 Å². The maximum Gasteiger partial charge on any atom is 0.334 e. The van der Waals surface area contributed by atoms with Crippen LogP contribution < -0.4 is 0 Å². The van der Waals surface area contributed by atoms with E-state index in [1.165, 1.54) is 6.07 Å². The quantitative estimate of drug-likeness (QED) is 0.576. The van der Waals surface area contributed by atoms with Crippen molar-refractivity contribution in [3.8, 4) is 0 Å². The normalized spacial score (nSPS) is 25.0. The van der Waals surface area contributed by atoms with Gasteiger partial charge in [0.15, 0.2) is 0 Å². The van der Waals surface area contributed by atoms with Crippen LogP contribution in [0.15, 0.2) is 47.4 Å². The first-order valence-corrected chi connectivity index (χ1v) is 10.9. The Hall–Kier alpha value is -1.90. The van der Waals surface area contributed by atoms with Crippen LogP contribution in [0.3, 0.4) is 0 Å². The molecular formula is C20H23F2N2O3S+. The average Bonchev–Trinajstić information content (AvgIpc) is 3.07. The van der Waals surface area contributed by atoms with Gasteiger partial charge in [-0.05, 0) is 17.9 Å². The number of rotatable bonds is 4. The molecule has 1 atom stereocenters. The highest BCUT2D eigenvalue weighted by atomic mass is 32.2. The molecule has 0 N–H and O–H groups in total. The Morgan fingerprint density at radius 1 is 1.07 bits per heavy atom. The molecule has 2 aromatic carbocycles. The van der Waals surface area contributed by atoms with Gasteiger partial charge in [0.05, 0.1) is 0 Å². The van der Waals surface area contributed by atoms with E-state index >= 15 is 0 Å². The number of benzene rings is 2. The number of carbonyl (C=O) groups is 1. The lowest BCUT2D eigenvalue weighted by molar-refractivity contribution is -0.725. The molecule has 0 spiro atoms. The zero-order chi connectivity index (χ0) is 20.0. The third-order valence-electron chi connectivity index (χ3n) is 6.12. The van der Waals surface area contributed by atoms with Crippen LogP contribution in [0.5, 0.6) is 0 Å².